The largest absolute Gasteiger partial charge is 0.463 e. The number of carbonyl (C=O) groups is 3. The number of carbonyl (C=O) groups excluding carboxylic acids is 3. The van der Waals surface area contributed by atoms with Gasteiger partial charge in [-0.05, 0) is 25.7 Å². The molecule has 0 spiro atoms. The lowest BCUT2D eigenvalue weighted by molar-refractivity contribution is -0.146. The summed E-state index contributed by atoms with van der Waals surface area (Å²) in [5.41, 5.74) is 0. The molecule has 2 N–H and O–H groups in total. The molecule has 0 heterocycles. The first kappa shape index (κ1) is 51.9. The van der Waals surface area contributed by atoms with Crippen LogP contribution >= 0.6 is 0 Å². The Kier molecular flexibility index (Phi) is 41.8. The second-order valence-corrected chi connectivity index (χ2v) is 12.3. The SMILES string of the molecule is CCCCCC(=O)OCCOCCOCCOCCOCC(COCCOCCOCCOCCOC(=O)CCCCC)OC(=O)NCCCCCCO. The zero-order chi connectivity index (χ0) is 39.4. The van der Waals surface area contributed by atoms with Crippen molar-refractivity contribution < 1.29 is 71.6 Å². The molecule has 0 aromatic rings. The fourth-order valence-electron chi connectivity index (χ4n) is 4.45. The highest BCUT2D eigenvalue weighted by Crippen LogP contribution is 2.02. The number of hydrogen-bond donors (Lipinski definition) is 2. The maximum atomic E-state index is 12.3. The first-order valence-electron chi connectivity index (χ1n) is 20.0. The van der Waals surface area contributed by atoms with Crippen molar-refractivity contribution in [3.63, 3.8) is 0 Å². The van der Waals surface area contributed by atoms with Gasteiger partial charge < -0.3 is 62.5 Å². The number of amides is 1. The second-order valence-electron chi connectivity index (χ2n) is 12.3. The molecular formula is C38H73NO15. The summed E-state index contributed by atoms with van der Waals surface area (Å²) >= 11 is 0. The van der Waals surface area contributed by atoms with Gasteiger partial charge in [-0.3, -0.25) is 9.59 Å². The number of aliphatic hydroxyl groups is 1. The highest BCUT2D eigenvalue weighted by atomic mass is 16.6. The normalized spacial score (nSPS) is 11.3. The highest BCUT2D eigenvalue weighted by molar-refractivity contribution is 5.69. The summed E-state index contributed by atoms with van der Waals surface area (Å²) < 4.78 is 60.0. The molecule has 0 saturated carbocycles. The van der Waals surface area contributed by atoms with E-state index in [1.807, 2.05) is 0 Å². The van der Waals surface area contributed by atoms with Gasteiger partial charge in [0, 0.05) is 26.0 Å². The van der Waals surface area contributed by atoms with Crippen molar-refractivity contribution in [3.05, 3.63) is 0 Å². The zero-order valence-corrected chi connectivity index (χ0v) is 33.4. The number of ether oxygens (including phenoxy) is 11. The topological polar surface area (TPSA) is 185 Å². The van der Waals surface area contributed by atoms with Crippen molar-refractivity contribution in [1.82, 2.24) is 5.32 Å². The Morgan fingerprint density at radius 2 is 0.833 bits per heavy atom. The van der Waals surface area contributed by atoms with Crippen LogP contribution in [0.15, 0.2) is 0 Å². The van der Waals surface area contributed by atoms with E-state index in [0.29, 0.717) is 112 Å². The Labute approximate surface area is 323 Å². The third kappa shape index (κ3) is 41.0. The molecule has 54 heavy (non-hydrogen) atoms. The zero-order valence-electron chi connectivity index (χ0n) is 33.4. The minimum atomic E-state index is -0.625. The standard InChI is InChI=1S/C38H73NO15/c1-3-5-9-13-36(41)52-31-29-48-23-21-44-17-19-46-25-27-50-33-35(54-38(43)39-15-11-7-8-12-16-40)34-51-28-26-47-20-18-45-22-24-49-30-32-53-37(42)14-10-6-4-2/h35,40H,3-34H2,1-2H3,(H,39,43). The molecule has 0 aromatic carbocycles. The molecule has 0 rings (SSSR count). The Balaban J connectivity index is 3.96. The van der Waals surface area contributed by atoms with Gasteiger partial charge in [0.1, 0.15) is 13.2 Å². The third-order valence-corrected chi connectivity index (χ3v) is 7.42. The van der Waals surface area contributed by atoms with E-state index < -0.39 is 12.2 Å². The van der Waals surface area contributed by atoms with E-state index in [-0.39, 0.29) is 45.0 Å². The summed E-state index contributed by atoms with van der Waals surface area (Å²) in [7, 11) is 0. The van der Waals surface area contributed by atoms with Crippen LogP contribution in [0, 0.1) is 0 Å². The van der Waals surface area contributed by atoms with Crippen molar-refractivity contribution in [3.8, 4) is 0 Å². The van der Waals surface area contributed by atoms with Gasteiger partial charge in [-0.25, -0.2) is 4.79 Å². The third-order valence-electron chi connectivity index (χ3n) is 7.42. The number of unbranched alkanes of at least 4 members (excludes halogenated alkanes) is 7. The van der Waals surface area contributed by atoms with Crippen LogP contribution in [0.4, 0.5) is 4.79 Å². The molecule has 16 nitrogen and oxygen atoms in total. The lowest BCUT2D eigenvalue weighted by Crippen LogP contribution is -2.35. The molecule has 0 aliphatic carbocycles. The number of aliphatic hydroxyl groups excluding tert-OH is 1. The molecule has 1 amide bonds. The van der Waals surface area contributed by atoms with Gasteiger partial charge in [-0.2, -0.15) is 0 Å². The summed E-state index contributed by atoms with van der Waals surface area (Å²) in [6.07, 6.45) is 8.98. The van der Waals surface area contributed by atoms with Crippen molar-refractivity contribution >= 4 is 18.0 Å². The Bertz CT molecular complexity index is 774. The molecule has 0 aliphatic rings. The van der Waals surface area contributed by atoms with Crippen molar-refractivity contribution in [1.29, 1.82) is 0 Å². The summed E-state index contributed by atoms with van der Waals surface area (Å²) in [6, 6.07) is 0. The fraction of sp³-hybridized carbons (Fsp3) is 0.921. The van der Waals surface area contributed by atoms with Crippen LogP contribution in [0.3, 0.4) is 0 Å². The predicted molar refractivity (Wildman–Crippen MR) is 201 cm³/mol. The molecule has 320 valence electrons. The van der Waals surface area contributed by atoms with E-state index >= 15 is 0 Å². The average molecular weight is 784 g/mol. The van der Waals surface area contributed by atoms with E-state index in [1.54, 1.807) is 0 Å². The maximum Gasteiger partial charge on any atom is 0.407 e. The molecule has 0 radical (unpaired) electrons. The van der Waals surface area contributed by atoms with Gasteiger partial charge in [0.05, 0.1) is 106 Å². The van der Waals surface area contributed by atoms with Gasteiger partial charge in [0.25, 0.3) is 0 Å². The number of nitrogens with one attached hydrogen (secondary N) is 1. The van der Waals surface area contributed by atoms with E-state index in [4.69, 9.17) is 57.2 Å². The van der Waals surface area contributed by atoms with Crippen LogP contribution in [0.5, 0.6) is 0 Å². The van der Waals surface area contributed by atoms with Crippen LogP contribution in [0.25, 0.3) is 0 Å². The van der Waals surface area contributed by atoms with Crippen LogP contribution in [-0.4, -0.2) is 161 Å². The second kappa shape index (κ2) is 43.6. The van der Waals surface area contributed by atoms with Crippen molar-refractivity contribution in [2.45, 2.75) is 97.0 Å². The van der Waals surface area contributed by atoms with E-state index in [1.165, 1.54) is 0 Å². The first-order chi connectivity index (χ1) is 26.5. The monoisotopic (exact) mass is 783 g/mol. The van der Waals surface area contributed by atoms with E-state index in [9.17, 15) is 14.4 Å². The summed E-state index contributed by atoms with van der Waals surface area (Å²) in [4.78, 5) is 35.4. The molecule has 0 aromatic heterocycles. The molecule has 0 atom stereocenters. The highest BCUT2D eigenvalue weighted by Gasteiger charge is 2.15. The van der Waals surface area contributed by atoms with Crippen LogP contribution in [-0.2, 0) is 61.7 Å². The fourth-order valence-corrected chi connectivity index (χ4v) is 4.45. The minimum absolute atomic E-state index is 0.132. The molecule has 0 bridgehead atoms. The van der Waals surface area contributed by atoms with Crippen LogP contribution < -0.4 is 5.32 Å². The predicted octanol–water partition coefficient (Wildman–Crippen LogP) is 4.01. The van der Waals surface area contributed by atoms with E-state index in [0.717, 1.165) is 64.2 Å². The number of alkyl carbamates (subject to hydrolysis) is 1. The summed E-state index contributed by atoms with van der Waals surface area (Å²) in [6.45, 7) is 10.7. The number of hydrogen-bond acceptors (Lipinski definition) is 15. The van der Waals surface area contributed by atoms with Crippen LogP contribution in [0.2, 0.25) is 0 Å². The number of rotatable bonds is 43. The Morgan fingerprint density at radius 1 is 0.463 bits per heavy atom. The Morgan fingerprint density at radius 3 is 1.22 bits per heavy atom. The van der Waals surface area contributed by atoms with Gasteiger partial charge in [-0.1, -0.05) is 52.4 Å². The molecular weight excluding hydrogens is 710 g/mol. The van der Waals surface area contributed by atoms with Gasteiger partial charge in [-0.15, -0.1) is 0 Å². The van der Waals surface area contributed by atoms with Gasteiger partial charge in [0.15, 0.2) is 6.10 Å². The van der Waals surface area contributed by atoms with Crippen molar-refractivity contribution in [2.75, 3.05) is 132 Å². The quantitative estimate of drug-likeness (QED) is 0.0513. The summed E-state index contributed by atoms with van der Waals surface area (Å²) in [5.74, 6) is -0.372. The Hall–Kier alpha value is -2.15. The lowest BCUT2D eigenvalue weighted by atomic mass is 10.2. The minimum Gasteiger partial charge on any atom is -0.463 e. The molecule has 0 aliphatic heterocycles. The lowest BCUT2D eigenvalue weighted by Gasteiger charge is -2.19. The van der Waals surface area contributed by atoms with Gasteiger partial charge >= 0.3 is 18.0 Å². The summed E-state index contributed by atoms with van der Waals surface area (Å²) in [5, 5.41) is 11.6. The van der Waals surface area contributed by atoms with Crippen molar-refractivity contribution in [2.24, 2.45) is 0 Å². The smallest absolute Gasteiger partial charge is 0.407 e. The molecule has 0 saturated heterocycles. The van der Waals surface area contributed by atoms with E-state index in [2.05, 4.69) is 19.2 Å². The average Bonchev–Trinajstić information content (AvgIpc) is 3.16. The number of esters is 2. The van der Waals surface area contributed by atoms with Crippen LogP contribution in [0.1, 0.15) is 90.9 Å². The first-order valence-corrected chi connectivity index (χ1v) is 20.0. The molecule has 0 fully saturated rings. The van der Waals surface area contributed by atoms with Gasteiger partial charge in [0.2, 0.25) is 0 Å². The molecule has 0 unspecified atom stereocenters. The maximum absolute atomic E-state index is 12.3. The molecule has 16 heteroatoms.